The maximum absolute atomic E-state index is 12.6. The Morgan fingerprint density at radius 3 is 2.09 bits per heavy atom. The average molecular weight is 493 g/mol. The van der Waals surface area contributed by atoms with Gasteiger partial charge in [0.1, 0.15) is 5.75 Å². The summed E-state index contributed by atoms with van der Waals surface area (Å²) in [5.41, 5.74) is 3.58. The molecule has 2 aromatic carbocycles. The summed E-state index contributed by atoms with van der Waals surface area (Å²) in [7, 11) is 0. The third-order valence-corrected chi connectivity index (χ3v) is 6.54. The molecular weight excluding hydrogens is 456 g/mol. The van der Waals surface area contributed by atoms with Gasteiger partial charge in [-0.05, 0) is 73.2 Å². The molecule has 0 saturated heterocycles. The Morgan fingerprint density at radius 1 is 0.800 bits per heavy atom. The van der Waals surface area contributed by atoms with Crippen LogP contribution in [0.1, 0.15) is 93.1 Å². The molecule has 0 fully saturated rings. The number of nitrogens with zero attached hydrogens (tertiary/aromatic N) is 2. The van der Waals surface area contributed by atoms with E-state index in [1.54, 1.807) is 24.3 Å². The lowest BCUT2D eigenvalue weighted by Gasteiger charge is -2.08. The van der Waals surface area contributed by atoms with E-state index in [1.165, 1.54) is 56.9 Å². The fourth-order valence-corrected chi connectivity index (χ4v) is 4.30. The molecule has 0 aliphatic carbocycles. The smallest absolute Gasteiger partial charge is 0.343 e. The molecule has 0 saturated carbocycles. The van der Waals surface area contributed by atoms with Crippen LogP contribution in [-0.2, 0) is 12.8 Å². The van der Waals surface area contributed by atoms with Crippen LogP contribution in [0.4, 0.5) is 0 Å². The van der Waals surface area contributed by atoms with Gasteiger partial charge in [0.15, 0.2) is 5.82 Å². The first-order valence-electron chi connectivity index (χ1n) is 13.0. The number of carbonyl (C=O) groups is 1. The standard InChI is InChI=1S/C30H37ClN2O2/c1-3-5-7-9-10-12-23-21-32-29(33-22-23)25-16-18-27(19-17-25)35-30(34)26-15-14-24(28(31)20-26)13-11-8-6-4-2/h14-22H,3-13H2,1-2H3. The summed E-state index contributed by atoms with van der Waals surface area (Å²) in [5.74, 6) is 0.720. The minimum atomic E-state index is -0.420. The Hall–Kier alpha value is -2.72. The minimum absolute atomic E-state index is 0.420. The van der Waals surface area contributed by atoms with Crippen molar-refractivity contribution in [2.45, 2.75) is 84.5 Å². The number of unbranched alkanes of at least 4 members (excludes halogenated alkanes) is 7. The molecule has 0 atom stereocenters. The van der Waals surface area contributed by atoms with Crippen molar-refractivity contribution >= 4 is 17.6 Å². The molecule has 0 aliphatic heterocycles. The quantitative estimate of drug-likeness (QED) is 0.128. The van der Waals surface area contributed by atoms with Gasteiger partial charge in [-0.15, -0.1) is 0 Å². The first-order valence-corrected chi connectivity index (χ1v) is 13.4. The van der Waals surface area contributed by atoms with Crippen molar-refractivity contribution in [3.63, 3.8) is 0 Å². The molecule has 3 rings (SSSR count). The molecule has 3 aromatic rings. The van der Waals surface area contributed by atoms with Crippen molar-refractivity contribution in [2.75, 3.05) is 0 Å². The topological polar surface area (TPSA) is 52.1 Å². The van der Waals surface area contributed by atoms with E-state index in [1.807, 2.05) is 30.6 Å². The number of aromatic nitrogens is 2. The van der Waals surface area contributed by atoms with Crippen LogP contribution >= 0.6 is 11.6 Å². The SMILES string of the molecule is CCCCCCCc1cnc(-c2ccc(OC(=O)c3ccc(CCCCCC)c(Cl)c3)cc2)nc1. The van der Waals surface area contributed by atoms with Gasteiger partial charge in [-0.1, -0.05) is 76.5 Å². The van der Waals surface area contributed by atoms with Gasteiger partial charge in [-0.3, -0.25) is 0 Å². The zero-order valence-electron chi connectivity index (χ0n) is 21.1. The van der Waals surface area contributed by atoms with E-state index in [9.17, 15) is 4.79 Å². The van der Waals surface area contributed by atoms with E-state index in [-0.39, 0.29) is 0 Å². The van der Waals surface area contributed by atoms with Crippen molar-refractivity contribution < 1.29 is 9.53 Å². The lowest BCUT2D eigenvalue weighted by molar-refractivity contribution is 0.0734. The monoisotopic (exact) mass is 492 g/mol. The molecular formula is C30H37ClN2O2. The van der Waals surface area contributed by atoms with Crippen LogP contribution in [0.3, 0.4) is 0 Å². The number of aryl methyl sites for hydroxylation is 2. The van der Waals surface area contributed by atoms with E-state index in [0.29, 0.717) is 22.2 Å². The minimum Gasteiger partial charge on any atom is -0.423 e. The predicted molar refractivity (Wildman–Crippen MR) is 144 cm³/mol. The fraction of sp³-hybridized carbons (Fsp3) is 0.433. The summed E-state index contributed by atoms with van der Waals surface area (Å²) >= 11 is 6.42. The van der Waals surface area contributed by atoms with Gasteiger partial charge in [0, 0.05) is 23.0 Å². The number of hydrogen-bond donors (Lipinski definition) is 0. The van der Waals surface area contributed by atoms with Gasteiger partial charge in [-0.25, -0.2) is 14.8 Å². The second kappa shape index (κ2) is 14.6. The van der Waals surface area contributed by atoms with E-state index >= 15 is 0 Å². The highest BCUT2D eigenvalue weighted by Gasteiger charge is 2.12. The van der Waals surface area contributed by atoms with Gasteiger partial charge in [0.25, 0.3) is 0 Å². The molecule has 5 heteroatoms. The van der Waals surface area contributed by atoms with Crippen LogP contribution in [0.25, 0.3) is 11.4 Å². The molecule has 0 N–H and O–H groups in total. The van der Waals surface area contributed by atoms with Gasteiger partial charge in [-0.2, -0.15) is 0 Å². The highest BCUT2D eigenvalue weighted by atomic mass is 35.5. The van der Waals surface area contributed by atoms with Gasteiger partial charge in [0.2, 0.25) is 0 Å². The molecule has 0 spiro atoms. The van der Waals surface area contributed by atoms with Crippen molar-refractivity contribution in [1.82, 2.24) is 9.97 Å². The third kappa shape index (κ3) is 8.78. The molecule has 1 heterocycles. The molecule has 35 heavy (non-hydrogen) atoms. The maximum atomic E-state index is 12.6. The Labute approximate surface area is 215 Å². The molecule has 0 unspecified atom stereocenters. The summed E-state index contributed by atoms with van der Waals surface area (Å²) in [6.07, 6.45) is 16.8. The molecule has 0 aliphatic rings. The van der Waals surface area contributed by atoms with Gasteiger partial charge in [0.05, 0.1) is 5.56 Å². The van der Waals surface area contributed by atoms with E-state index in [0.717, 1.165) is 30.4 Å². The van der Waals surface area contributed by atoms with Gasteiger partial charge < -0.3 is 4.74 Å². The van der Waals surface area contributed by atoms with Crippen LogP contribution in [0, 0.1) is 0 Å². The number of ether oxygens (including phenoxy) is 1. The van der Waals surface area contributed by atoms with Crippen molar-refractivity contribution in [1.29, 1.82) is 0 Å². The van der Waals surface area contributed by atoms with E-state index in [4.69, 9.17) is 16.3 Å². The first kappa shape index (κ1) is 26.9. The summed E-state index contributed by atoms with van der Waals surface area (Å²) in [5, 5.41) is 0.618. The number of hydrogen-bond acceptors (Lipinski definition) is 4. The van der Waals surface area contributed by atoms with Crippen molar-refractivity contribution in [2.24, 2.45) is 0 Å². The number of rotatable bonds is 14. The largest absolute Gasteiger partial charge is 0.423 e. The molecule has 0 bridgehead atoms. The number of halogens is 1. The molecule has 0 radical (unpaired) electrons. The van der Waals surface area contributed by atoms with Crippen LogP contribution < -0.4 is 4.74 Å². The second-order valence-electron chi connectivity index (χ2n) is 9.11. The molecule has 4 nitrogen and oxygen atoms in total. The summed E-state index contributed by atoms with van der Waals surface area (Å²) in [6, 6.07) is 12.7. The van der Waals surface area contributed by atoms with Crippen LogP contribution in [0.15, 0.2) is 54.9 Å². The highest BCUT2D eigenvalue weighted by molar-refractivity contribution is 6.31. The fourth-order valence-electron chi connectivity index (χ4n) is 4.02. The highest BCUT2D eigenvalue weighted by Crippen LogP contribution is 2.23. The molecule has 0 amide bonds. The summed E-state index contributed by atoms with van der Waals surface area (Å²) in [4.78, 5) is 21.6. The number of esters is 1. The Bertz CT molecular complexity index is 1050. The normalized spacial score (nSPS) is 10.9. The molecule has 186 valence electrons. The van der Waals surface area contributed by atoms with Crippen LogP contribution in [-0.4, -0.2) is 15.9 Å². The second-order valence-corrected chi connectivity index (χ2v) is 9.52. The zero-order chi connectivity index (χ0) is 24.9. The number of carbonyl (C=O) groups excluding carboxylic acids is 1. The maximum Gasteiger partial charge on any atom is 0.343 e. The lowest BCUT2D eigenvalue weighted by Crippen LogP contribution is -2.08. The van der Waals surface area contributed by atoms with Crippen LogP contribution in [0.2, 0.25) is 5.02 Å². The number of benzene rings is 2. The van der Waals surface area contributed by atoms with E-state index in [2.05, 4.69) is 23.8 Å². The third-order valence-electron chi connectivity index (χ3n) is 6.19. The van der Waals surface area contributed by atoms with Gasteiger partial charge >= 0.3 is 5.97 Å². The average Bonchev–Trinajstić information content (AvgIpc) is 2.88. The van der Waals surface area contributed by atoms with E-state index < -0.39 is 5.97 Å². The Balaban J connectivity index is 1.52. The van der Waals surface area contributed by atoms with Crippen molar-refractivity contribution in [3.8, 4) is 17.1 Å². The summed E-state index contributed by atoms with van der Waals surface area (Å²) < 4.78 is 5.55. The van der Waals surface area contributed by atoms with Crippen molar-refractivity contribution in [3.05, 3.63) is 76.6 Å². The lowest BCUT2D eigenvalue weighted by atomic mass is 10.0. The summed E-state index contributed by atoms with van der Waals surface area (Å²) in [6.45, 7) is 4.43. The first-order chi connectivity index (χ1) is 17.1. The zero-order valence-corrected chi connectivity index (χ0v) is 21.8. The predicted octanol–water partition coefficient (Wildman–Crippen LogP) is 8.65. The Kier molecular flexibility index (Phi) is 11.2. The Morgan fingerprint density at radius 2 is 1.43 bits per heavy atom. The van der Waals surface area contributed by atoms with Crippen LogP contribution in [0.5, 0.6) is 5.75 Å². The molecule has 1 aromatic heterocycles.